The lowest BCUT2D eigenvalue weighted by Gasteiger charge is -2.00. The van der Waals surface area contributed by atoms with Crippen LogP contribution in [0.1, 0.15) is 11.3 Å². The van der Waals surface area contributed by atoms with Crippen LogP contribution in [0.2, 0.25) is 0 Å². The smallest absolute Gasteiger partial charge is 0.238 e. The molecule has 0 aliphatic heterocycles. The van der Waals surface area contributed by atoms with E-state index in [0.29, 0.717) is 17.2 Å². The van der Waals surface area contributed by atoms with Gasteiger partial charge in [-0.2, -0.15) is 5.26 Å². The van der Waals surface area contributed by atoms with E-state index >= 15 is 0 Å². The van der Waals surface area contributed by atoms with Gasteiger partial charge in [-0.3, -0.25) is 5.10 Å². The number of benzene rings is 1. The van der Waals surface area contributed by atoms with Crippen molar-refractivity contribution in [2.45, 2.75) is 6.92 Å². The molecule has 0 saturated heterocycles. The number of hydrogen-bond donors (Lipinski definition) is 1. The zero-order valence-electron chi connectivity index (χ0n) is 8.19. The number of aromatic nitrogens is 2. The van der Waals surface area contributed by atoms with Crippen LogP contribution < -0.4 is 4.74 Å². The fourth-order valence-corrected chi connectivity index (χ4v) is 1.20. The Kier molecular flexibility index (Phi) is 2.38. The minimum absolute atomic E-state index is 0.502. The Balaban J connectivity index is 2.21. The molecule has 1 N–H and O–H groups in total. The Hall–Kier alpha value is -2.28. The van der Waals surface area contributed by atoms with Gasteiger partial charge in [-0.25, -0.2) is 0 Å². The number of nitrogens with zero attached hydrogens (tertiary/aromatic N) is 2. The molecule has 0 bridgehead atoms. The third-order valence-electron chi connectivity index (χ3n) is 1.87. The summed E-state index contributed by atoms with van der Waals surface area (Å²) >= 11 is 0. The molecule has 0 amide bonds. The fourth-order valence-electron chi connectivity index (χ4n) is 1.20. The van der Waals surface area contributed by atoms with Gasteiger partial charge in [-0.15, -0.1) is 5.10 Å². The van der Waals surface area contributed by atoms with Crippen LogP contribution in [0.25, 0.3) is 0 Å². The van der Waals surface area contributed by atoms with Crippen molar-refractivity contribution < 1.29 is 4.74 Å². The molecule has 0 radical (unpaired) electrons. The average Bonchev–Trinajstić information content (AvgIpc) is 2.64. The number of nitriles is 1. The van der Waals surface area contributed by atoms with Crippen molar-refractivity contribution in [1.82, 2.24) is 10.2 Å². The Labute approximate surface area is 87.1 Å². The maximum absolute atomic E-state index is 8.70. The van der Waals surface area contributed by atoms with Gasteiger partial charge in [0, 0.05) is 11.8 Å². The molecule has 4 heteroatoms. The highest BCUT2D eigenvalue weighted by Crippen LogP contribution is 2.20. The summed E-state index contributed by atoms with van der Waals surface area (Å²) in [4.78, 5) is 0. The second-order valence-electron chi connectivity index (χ2n) is 3.13. The second-order valence-corrected chi connectivity index (χ2v) is 3.13. The molecule has 2 rings (SSSR count). The summed E-state index contributed by atoms with van der Waals surface area (Å²) in [6, 6.07) is 10.8. The van der Waals surface area contributed by atoms with E-state index in [0.717, 1.165) is 5.69 Å². The van der Waals surface area contributed by atoms with E-state index in [1.54, 1.807) is 30.3 Å². The van der Waals surface area contributed by atoms with Crippen molar-refractivity contribution in [3.63, 3.8) is 0 Å². The molecule has 0 aliphatic carbocycles. The van der Waals surface area contributed by atoms with Gasteiger partial charge in [0.05, 0.1) is 11.6 Å². The molecule has 1 aromatic heterocycles. The molecule has 0 fully saturated rings. The number of nitrogens with one attached hydrogen (secondary N) is 1. The van der Waals surface area contributed by atoms with Crippen LogP contribution in [-0.2, 0) is 0 Å². The van der Waals surface area contributed by atoms with Crippen LogP contribution in [0.3, 0.4) is 0 Å². The predicted octanol–water partition coefficient (Wildman–Crippen LogP) is 2.38. The second kappa shape index (κ2) is 3.84. The zero-order chi connectivity index (χ0) is 10.7. The van der Waals surface area contributed by atoms with Crippen molar-refractivity contribution in [3.8, 4) is 17.7 Å². The summed E-state index contributed by atoms with van der Waals surface area (Å²) in [7, 11) is 0. The van der Waals surface area contributed by atoms with E-state index in [4.69, 9.17) is 10.00 Å². The Morgan fingerprint density at radius 2 is 2.27 bits per heavy atom. The average molecular weight is 199 g/mol. The Morgan fingerprint density at radius 1 is 1.40 bits per heavy atom. The normalized spacial score (nSPS) is 9.60. The molecule has 0 atom stereocenters. The zero-order valence-corrected chi connectivity index (χ0v) is 8.19. The highest BCUT2D eigenvalue weighted by molar-refractivity contribution is 5.37. The van der Waals surface area contributed by atoms with Crippen molar-refractivity contribution in [1.29, 1.82) is 5.26 Å². The third kappa shape index (κ3) is 2.15. The molecule has 74 valence electrons. The first-order valence-corrected chi connectivity index (χ1v) is 4.48. The largest absolute Gasteiger partial charge is 0.438 e. The predicted molar refractivity (Wildman–Crippen MR) is 54.6 cm³/mol. The highest BCUT2D eigenvalue weighted by atomic mass is 16.5. The Bertz CT molecular complexity index is 511. The van der Waals surface area contributed by atoms with E-state index in [-0.39, 0.29) is 0 Å². The fraction of sp³-hybridized carbons (Fsp3) is 0.0909. The van der Waals surface area contributed by atoms with E-state index in [1.807, 2.05) is 6.92 Å². The van der Waals surface area contributed by atoms with Gasteiger partial charge in [0.2, 0.25) is 5.88 Å². The van der Waals surface area contributed by atoms with E-state index in [2.05, 4.69) is 16.3 Å². The van der Waals surface area contributed by atoms with E-state index in [1.165, 1.54) is 0 Å². The van der Waals surface area contributed by atoms with Gasteiger partial charge in [-0.1, -0.05) is 6.07 Å². The minimum Gasteiger partial charge on any atom is -0.438 e. The van der Waals surface area contributed by atoms with Crippen LogP contribution in [0.4, 0.5) is 0 Å². The molecule has 1 heterocycles. The lowest BCUT2D eigenvalue weighted by molar-refractivity contribution is 0.461. The monoisotopic (exact) mass is 199 g/mol. The summed E-state index contributed by atoms with van der Waals surface area (Å²) in [5.41, 5.74) is 1.50. The standard InChI is InChI=1S/C11H9N3O/c1-8-5-11(14-13-8)15-10-4-2-3-9(6-10)7-12/h2-6H,1H3,(H,13,14). The maximum Gasteiger partial charge on any atom is 0.238 e. The van der Waals surface area contributed by atoms with Crippen molar-refractivity contribution in [2.75, 3.05) is 0 Å². The summed E-state index contributed by atoms with van der Waals surface area (Å²) in [6.07, 6.45) is 0. The van der Waals surface area contributed by atoms with Crippen LogP contribution in [-0.4, -0.2) is 10.2 Å². The highest BCUT2D eigenvalue weighted by Gasteiger charge is 2.01. The number of ether oxygens (including phenoxy) is 1. The number of rotatable bonds is 2. The molecular weight excluding hydrogens is 190 g/mol. The molecule has 2 aromatic rings. The Morgan fingerprint density at radius 3 is 2.93 bits per heavy atom. The molecule has 15 heavy (non-hydrogen) atoms. The van der Waals surface area contributed by atoms with E-state index < -0.39 is 0 Å². The van der Waals surface area contributed by atoms with Crippen molar-refractivity contribution in [2.24, 2.45) is 0 Å². The summed E-state index contributed by atoms with van der Waals surface area (Å²) in [6.45, 7) is 1.89. The van der Waals surface area contributed by atoms with Gasteiger partial charge in [0.25, 0.3) is 0 Å². The van der Waals surface area contributed by atoms with Gasteiger partial charge in [-0.05, 0) is 25.1 Å². The number of aromatic amines is 1. The van der Waals surface area contributed by atoms with Gasteiger partial charge >= 0.3 is 0 Å². The molecule has 4 nitrogen and oxygen atoms in total. The summed E-state index contributed by atoms with van der Waals surface area (Å²) in [5.74, 6) is 1.11. The van der Waals surface area contributed by atoms with Crippen molar-refractivity contribution >= 4 is 0 Å². The van der Waals surface area contributed by atoms with Crippen LogP contribution in [0.15, 0.2) is 30.3 Å². The number of H-pyrrole nitrogens is 1. The van der Waals surface area contributed by atoms with Crippen molar-refractivity contribution in [3.05, 3.63) is 41.6 Å². The minimum atomic E-state index is 0.502. The van der Waals surface area contributed by atoms with Crippen LogP contribution in [0, 0.1) is 18.3 Å². The molecular formula is C11H9N3O. The number of aryl methyl sites for hydroxylation is 1. The maximum atomic E-state index is 8.70. The lowest BCUT2D eigenvalue weighted by Crippen LogP contribution is -1.84. The molecule has 1 aromatic carbocycles. The van der Waals surface area contributed by atoms with Crippen LogP contribution in [0.5, 0.6) is 11.6 Å². The van der Waals surface area contributed by atoms with Gasteiger partial charge < -0.3 is 4.74 Å². The summed E-state index contributed by atoms with van der Waals surface area (Å²) < 4.78 is 5.45. The molecule has 0 unspecified atom stereocenters. The first kappa shape index (κ1) is 9.28. The summed E-state index contributed by atoms with van der Waals surface area (Å²) in [5, 5.41) is 15.4. The molecule has 0 aliphatic rings. The first-order chi connectivity index (χ1) is 7.28. The first-order valence-electron chi connectivity index (χ1n) is 4.48. The quantitative estimate of drug-likeness (QED) is 0.807. The molecule has 0 saturated carbocycles. The van der Waals surface area contributed by atoms with Crippen LogP contribution >= 0.6 is 0 Å². The SMILES string of the molecule is Cc1cc(Oc2cccc(C#N)c2)n[nH]1. The van der Waals surface area contributed by atoms with Gasteiger partial charge in [0.15, 0.2) is 0 Å². The van der Waals surface area contributed by atoms with Gasteiger partial charge in [0.1, 0.15) is 5.75 Å². The third-order valence-corrected chi connectivity index (χ3v) is 1.87. The van der Waals surface area contributed by atoms with E-state index in [9.17, 15) is 0 Å². The topological polar surface area (TPSA) is 61.7 Å². The lowest BCUT2D eigenvalue weighted by atomic mass is 10.2. The number of hydrogen-bond acceptors (Lipinski definition) is 3. The molecule has 0 spiro atoms.